The van der Waals surface area contributed by atoms with Crippen LogP contribution in [0.3, 0.4) is 0 Å². The highest BCUT2D eigenvalue weighted by molar-refractivity contribution is 7.86. The van der Waals surface area contributed by atoms with Crippen molar-refractivity contribution in [3.8, 4) is 0 Å². The molecule has 6 atom stereocenters. The molecule has 164 valence electrons. The van der Waals surface area contributed by atoms with Gasteiger partial charge in [-0.3, -0.25) is 4.18 Å². The second-order valence-corrected chi connectivity index (χ2v) is 9.20. The molecule has 0 aromatic heterocycles. The summed E-state index contributed by atoms with van der Waals surface area (Å²) < 4.78 is 58.4. The van der Waals surface area contributed by atoms with Crippen LogP contribution >= 0.6 is 0 Å². The number of aliphatic hydroxyl groups excluding tert-OH is 1. The number of hydrogen-bond donors (Lipinski definition) is 1. The molecule has 0 amide bonds. The van der Waals surface area contributed by atoms with Crippen molar-refractivity contribution in [1.82, 2.24) is 0 Å². The molecule has 2 saturated heterocycles. The van der Waals surface area contributed by atoms with Gasteiger partial charge in [-0.1, -0.05) is 17.7 Å². The van der Waals surface area contributed by atoms with E-state index in [-0.39, 0.29) is 11.5 Å². The fourth-order valence-corrected chi connectivity index (χ4v) is 4.27. The fourth-order valence-electron chi connectivity index (χ4n) is 3.35. The van der Waals surface area contributed by atoms with Crippen LogP contribution in [0.15, 0.2) is 29.2 Å². The molecule has 2 heterocycles. The molecular formula is C19H28O9S. The van der Waals surface area contributed by atoms with E-state index in [1.807, 2.05) is 6.92 Å². The van der Waals surface area contributed by atoms with E-state index in [2.05, 4.69) is 0 Å². The molecule has 0 spiro atoms. The van der Waals surface area contributed by atoms with Crippen LogP contribution in [0.5, 0.6) is 0 Å². The topological polar surface area (TPSA) is 110 Å². The third kappa shape index (κ3) is 5.15. The number of fused-ring (bicyclic) bond motifs is 1. The number of aryl methyl sites for hydroxylation is 1. The first kappa shape index (κ1) is 22.6. The highest BCUT2D eigenvalue weighted by Crippen LogP contribution is 2.39. The lowest BCUT2D eigenvalue weighted by Gasteiger charge is -2.29. The molecule has 2 aliphatic rings. The van der Waals surface area contributed by atoms with Crippen molar-refractivity contribution in [2.24, 2.45) is 0 Å². The zero-order valence-corrected chi connectivity index (χ0v) is 17.9. The smallest absolute Gasteiger partial charge is 0.297 e. The lowest BCUT2D eigenvalue weighted by atomic mass is 10.1. The number of ether oxygens (including phenoxy) is 5. The Morgan fingerprint density at radius 2 is 1.79 bits per heavy atom. The number of aliphatic hydroxyl groups is 1. The zero-order valence-electron chi connectivity index (χ0n) is 17.1. The number of hydrogen-bond acceptors (Lipinski definition) is 9. The van der Waals surface area contributed by atoms with E-state index in [9.17, 15) is 13.5 Å². The maximum atomic E-state index is 12.6. The third-order valence-corrected chi connectivity index (χ3v) is 6.12. The zero-order chi connectivity index (χ0) is 21.4. The molecule has 0 radical (unpaired) electrons. The fraction of sp³-hybridized carbons (Fsp3) is 0.684. The van der Waals surface area contributed by atoms with Crippen molar-refractivity contribution in [1.29, 1.82) is 0 Å². The van der Waals surface area contributed by atoms with Gasteiger partial charge in [0.05, 0.1) is 11.5 Å². The summed E-state index contributed by atoms with van der Waals surface area (Å²) in [6.45, 7) is 6.61. The highest BCUT2D eigenvalue weighted by atomic mass is 32.2. The second kappa shape index (κ2) is 8.56. The molecule has 1 N–H and O–H groups in total. The number of benzene rings is 1. The van der Waals surface area contributed by atoms with Crippen molar-refractivity contribution in [2.75, 3.05) is 13.7 Å². The van der Waals surface area contributed by atoms with Crippen LogP contribution in [-0.2, 0) is 38.0 Å². The molecule has 9 nitrogen and oxygen atoms in total. The molecule has 0 aliphatic carbocycles. The summed E-state index contributed by atoms with van der Waals surface area (Å²) in [4.78, 5) is 0.0356. The number of methoxy groups -OCH3 is 1. The number of rotatable bonds is 8. The molecule has 29 heavy (non-hydrogen) atoms. The van der Waals surface area contributed by atoms with Gasteiger partial charge < -0.3 is 28.8 Å². The van der Waals surface area contributed by atoms with Gasteiger partial charge in [-0.2, -0.15) is 8.42 Å². The van der Waals surface area contributed by atoms with Gasteiger partial charge in [0.25, 0.3) is 10.1 Å². The summed E-state index contributed by atoms with van der Waals surface area (Å²) in [7, 11) is -2.56. The highest BCUT2D eigenvalue weighted by Gasteiger charge is 2.57. The van der Waals surface area contributed by atoms with Crippen molar-refractivity contribution in [3.63, 3.8) is 0 Å². The van der Waals surface area contributed by atoms with Crippen molar-refractivity contribution < 1.29 is 41.4 Å². The SMILES string of the molecule is COC(C)O[C@H](COS(=O)(=O)c1ccc(C)cc1)[C@H]1OC(O)[C@H]2OC(C)(C)O[C@@H]12. The Morgan fingerprint density at radius 3 is 2.41 bits per heavy atom. The minimum atomic E-state index is -4.01. The first-order valence-electron chi connectivity index (χ1n) is 9.36. The maximum absolute atomic E-state index is 12.6. The molecule has 2 aliphatic heterocycles. The van der Waals surface area contributed by atoms with Gasteiger partial charge >= 0.3 is 0 Å². The van der Waals surface area contributed by atoms with E-state index in [0.717, 1.165) is 5.56 Å². The molecule has 1 aromatic carbocycles. The Labute approximate surface area is 170 Å². The van der Waals surface area contributed by atoms with Crippen molar-refractivity contribution >= 4 is 10.1 Å². The van der Waals surface area contributed by atoms with E-state index >= 15 is 0 Å². The average molecular weight is 432 g/mol. The first-order valence-corrected chi connectivity index (χ1v) is 10.8. The lowest BCUT2D eigenvalue weighted by Crippen LogP contribution is -2.44. The Kier molecular flexibility index (Phi) is 6.66. The Morgan fingerprint density at radius 1 is 1.17 bits per heavy atom. The predicted molar refractivity (Wildman–Crippen MR) is 100 cm³/mol. The van der Waals surface area contributed by atoms with Crippen molar-refractivity contribution in [3.05, 3.63) is 29.8 Å². The van der Waals surface area contributed by atoms with Crippen LogP contribution in [0, 0.1) is 6.92 Å². The van der Waals surface area contributed by atoms with Gasteiger partial charge in [0.1, 0.15) is 24.4 Å². The molecule has 2 fully saturated rings. The van der Waals surface area contributed by atoms with Crippen LogP contribution in [0.2, 0.25) is 0 Å². The van der Waals surface area contributed by atoms with Crippen LogP contribution in [0.1, 0.15) is 26.3 Å². The maximum Gasteiger partial charge on any atom is 0.297 e. The normalized spacial score (nSPS) is 30.8. The Bertz CT molecular complexity index is 792. The summed E-state index contributed by atoms with van der Waals surface area (Å²) in [5, 5.41) is 10.2. The van der Waals surface area contributed by atoms with Gasteiger partial charge in [0.15, 0.2) is 18.4 Å². The minimum Gasteiger partial charge on any atom is -0.366 e. The van der Waals surface area contributed by atoms with Crippen LogP contribution in [-0.4, -0.2) is 70.0 Å². The van der Waals surface area contributed by atoms with E-state index in [0.29, 0.717) is 0 Å². The first-order chi connectivity index (χ1) is 13.5. The Hall–Kier alpha value is -1.11. The molecule has 0 saturated carbocycles. The predicted octanol–water partition coefficient (Wildman–Crippen LogP) is 1.32. The summed E-state index contributed by atoms with van der Waals surface area (Å²) in [5.74, 6) is -0.912. The van der Waals surface area contributed by atoms with Crippen LogP contribution in [0.25, 0.3) is 0 Å². The quantitative estimate of drug-likeness (QED) is 0.480. The van der Waals surface area contributed by atoms with Gasteiger partial charge in [0, 0.05) is 7.11 Å². The lowest BCUT2D eigenvalue weighted by molar-refractivity contribution is -0.249. The summed E-state index contributed by atoms with van der Waals surface area (Å²) in [6.07, 6.45) is -4.98. The average Bonchev–Trinajstić information content (AvgIpc) is 3.12. The minimum absolute atomic E-state index is 0.0356. The molecule has 0 bridgehead atoms. The molecular weight excluding hydrogens is 404 g/mol. The molecule has 2 unspecified atom stereocenters. The van der Waals surface area contributed by atoms with Crippen molar-refractivity contribution in [2.45, 2.75) is 75.4 Å². The van der Waals surface area contributed by atoms with Gasteiger partial charge in [-0.05, 0) is 39.8 Å². The molecule has 3 rings (SSSR count). The molecule has 10 heteroatoms. The van der Waals surface area contributed by atoms with Gasteiger partial charge in [-0.15, -0.1) is 0 Å². The van der Waals surface area contributed by atoms with Crippen LogP contribution < -0.4 is 0 Å². The van der Waals surface area contributed by atoms with Crippen LogP contribution in [0.4, 0.5) is 0 Å². The van der Waals surface area contributed by atoms with E-state index in [1.54, 1.807) is 32.9 Å². The van der Waals surface area contributed by atoms with E-state index in [4.69, 9.17) is 27.9 Å². The summed E-state index contributed by atoms with van der Waals surface area (Å²) >= 11 is 0. The van der Waals surface area contributed by atoms with Gasteiger partial charge in [0.2, 0.25) is 0 Å². The summed E-state index contributed by atoms with van der Waals surface area (Å²) in [5.41, 5.74) is 0.930. The monoisotopic (exact) mass is 432 g/mol. The second-order valence-electron chi connectivity index (χ2n) is 7.59. The standard InChI is InChI=1S/C19H28O9S/c1-11-6-8-13(9-7-11)29(21,22)24-10-14(25-12(2)23-5)15-16-17(18(20)26-15)28-19(3,4)27-16/h6-9,12,14-18,20H,10H2,1-5H3/t12?,14-,15-,16+,17+,18?/m1/s1. The van der Waals surface area contributed by atoms with Gasteiger partial charge in [-0.25, -0.2) is 0 Å². The third-order valence-electron chi connectivity index (χ3n) is 4.83. The summed E-state index contributed by atoms with van der Waals surface area (Å²) in [6, 6.07) is 6.31. The van der Waals surface area contributed by atoms with E-state index in [1.165, 1.54) is 19.2 Å². The van der Waals surface area contributed by atoms with E-state index < -0.39 is 52.9 Å². The Balaban J connectivity index is 1.76. The molecule has 1 aromatic rings. The largest absolute Gasteiger partial charge is 0.366 e.